The average Bonchev–Trinajstić information content (AvgIpc) is 2.57. The van der Waals surface area contributed by atoms with E-state index in [0.717, 1.165) is 37.6 Å². The average molecular weight is 302 g/mol. The molecule has 0 aliphatic carbocycles. The molecule has 1 fully saturated rings. The maximum absolute atomic E-state index is 6.07. The maximum Gasteiger partial charge on any atom is 0.128 e. The number of rotatable bonds is 8. The smallest absolute Gasteiger partial charge is 0.128 e. The summed E-state index contributed by atoms with van der Waals surface area (Å²) in [6.45, 7) is 14.5. The highest BCUT2D eigenvalue weighted by Crippen LogP contribution is 2.26. The zero-order chi connectivity index (χ0) is 15.8. The normalized spacial score (nSPS) is 15.5. The molecule has 1 saturated heterocycles. The Hall–Kier alpha value is -1.48. The summed E-state index contributed by atoms with van der Waals surface area (Å²) in [5.74, 6) is 0.955. The van der Waals surface area contributed by atoms with Gasteiger partial charge in [0.1, 0.15) is 12.4 Å². The van der Waals surface area contributed by atoms with Crippen molar-refractivity contribution in [3.8, 4) is 5.75 Å². The third-order valence-electron chi connectivity index (χ3n) is 4.46. The molecule has 1 heterocycles. The van der Waals surface area contributed by atoms with E-state index in [4.69, 9.17) is 4.74 Å². The fourth-order valence-electron chi connectivity index (χ4n) is 3.07. The summed E-state index contributed by atoms with van der Waals surface area (Å²) in [6.07, 6.45) is 5.91. The van der Waals surface area contributed by atoms with Crippen LogP contribution >= 0.6 is 0 Å². The first-order valence-corrected chi connectivity index (χ1v) is 8.65. The van der Waals surface area contributed by atoms with Crippen molar-refractivity contribution in [1.82, 2.24) is 4.90 Å². The second kappa shape index (κ2) is 8.84. The van der Waals surface area contributed by atoms with Gasteiger partial charge in [-0.1, -0.05) is 19.1 Å². The van der Waals surface area contributed by atoms with Crippen molar-refractivity contribution >= 4 is 11.8 Å². The Morgan fingerprint density at radius 3 is 2.55 bits per heavy atom. The Kier molecular flexibility index (Phi) is 6.78. The minimum Gasteiger partial charge on any atom is -0.492 e. The van der Waals surface area contributed by atoms with Gasteiger partial charge in [-0.25, -0.2) is 0 Å². The van der Waals surface area contributed by atoms with Crippen LogP contribution in [-0.4, -0.2) is 44.2 Å². The maximum atomic E-state index is 6.07. The Labute approximate surface area is 135 Å². The van der Waals surface area contributed by atoms with Crippen LogP contribution in [0.5, 0.6) is 5.75 Å². The molecule has 1 aromatic carbocycles. The minimum atomic E-state index is 0.753. The molecule has 0 N–H and O–H groups in total. The van der Waals surface area contributed by atoms with E-state index in [9.17, 15) is 0 Å². The Bertz CT molecular complexity index is 463. The number of piperidine rings is 1. The third-order valence-corrected chi connectivity index (χ3v) is 4.46. The lowest BCUT2D eigenvalue weighted by Crippen LogP contribution is -2.33. The van der Waals surface area contributed by atoms with Crippen molar-refractivity contribution in [2.75, 3.05) is 44.2 Å². The molecule has 3 nitrogen and oxygen atoms in total. The summed E-state index contributed by atoms with van der Waals surface area (Å²) < 4.78 is 6.07. The fraction of sp³-hybridized carbons (Fsp3) is 0.579. The quantitative estimate of drug-likeness (QED) is 0.721. The first-order valence-electron chi connectivity index (χ1n) is 8.65. The molecule has 22 heavy (non-hydrogen) atoms. The van der Waals surface area contributed by atoms with Crippen molar-refractivity contribution in [3.63, 3.8) is 0 Å². The molecule has 122 valence electrons. The van der Waals surface area contributed by atoms with E-state index >= 15 is 0 Å². The highest BCUT2D eigenvalue weighted by molar-refractivity contribution is 5.62. The van der Waals surface area contributed by atoms with Gasteiger partial charge in [-0.15, -0.1) is 0 Å². The van der Waals surface area contributed by atoms with Gasteiger partial charge in [0.25, 0.3) is 0 Å². The summed E-state index contributed by atoms with van der Waals surface area (Å²) in [5.41, 5.74) is 2.30. The van der Waals surface area contributed by atoms with E-state index in [-0.39, 0.29) is 0 Å². The molecule has 0 aromatic heterocycles. The van der Waals surface area contributed by atoms with Gasteiger partial charge in [0.05, 0.1) is 0 Å². The lowest BCUT2D eigenvalue weighted by molar-refractivity contribution is 0.183. The summed E-state index contributed by atoms with van der Waals surface area (Å²) in [4.78, 5) is 4.84. The molecule has 1 aliphatic rings. The molecule has 1 aromatic rings. The van der Waals surface area contributed by atoms with Crippen LogP contribution in [0.2, 0.25) is 0 Å². The third kappa shape index (κ3) is 4.51. The monoisotopic (exact) mass is 302 g/mol. The predicted molar refractivity (Wildman–Crippen MR) is 95.9 cm³/mol. The van der Waals surface area contributed by atoms with Crippen molar-refractivity contribution in [2.45, 2.75) is 33.1 Å². The summed E-state index contributed by atoms with van der Waals surface area (Å²) in [6, 6.07) is 6.42. The lowest BCUT2D eigenvalue weighted by Gasteiger charge is -2.26. The van der Waals surface area contributed by atoms with E-state index in [0.29, 0.717) is 0 Å². The van der Waals surface area contributed by atoms with Gasteiger partial charge in [-0.3, -0.25) is 4.90 Å². The molecule has 0 unspecified atom stereocenters. The molecule has 0 atom stereocenters. The Balaban J connectivity index is 1.97. The molecular formula is C19H30N2O. The van der Waals surface area contributed by atoms with Crippen LogP contribution in [-0.2, 0) is 0 Å². The molecule has 0 amide bonds. The lowest BCUT2D eigenvalue weighted by atomic mass is 10.1. The number of hydrogen-bond donors (Lipinski definition) is 0. The van der Waals surface area contributed by atoms with Crippen LogP contribution in [0.25, 0.3) is 6.08 Å². The van der Waals surface area contributed by atoms with Crippen LogP contribution in [0.4, 0.5) is 5.69 Å². The molecule has 0 spiro atoms. The predicted octanol–water partition coefficient (Wildman–Crippen LogP) is 4.04. The van der Waals surface area contributed by atoms with E-state index < -0.39 is 0 Å². The SMILES string of the molecule is C=Cc1ccc(N(CC)CC)cc1OCCN1CCCCC1. The standard InChI is InChI=1S/C19H30N2O/c1-4-17-10-11-18(21(5-2)6-3)16-19(17)22-15-14-20-12-8-7-9-13-20/h4,10-11,16H,1,5-9,12-15H2,2-3H3. The van der Waals surface area contributed by atoms with Crippen LogP contribution < -0.4 is 9.64 Å². The summed E-state index contributed by atoms with van der Waals surface area (Å²) in [5, 5.41) is 0. The molecule has 3 heteroatoms. The van der Waals surface area contributed by atoms with Gasteiger partial charge in [0.15, 0.2) is 0 Å². The number of anilines is 1. The zero-order valence-corrected chi connectivity index (χ0v) is 14.2. The number of likely N-dealkylation sites (tertiary alicyclic amines) is 1. The van der Waals surface area contributed by atoms with Crippen LogP contribution in [0, 0.1) is 0 Å². The zero-order valence-electron chi connectivity index (χ0n) is 14.2. The van der Waals surface area contributed by atoms with E-state index in [1.165, 1.54) is 38.0 Å². The minimum absolute atomic E-state index is 0.753. The summed E-state index contributed by atoms with van der Waals surface area (Å²) >= 11 is 0. The largest absolute Gasteiger partial charge is 0.492 e. The highest BCUT2D eigenvalue weighted by atomic mass is 16.5. The van der Waals surface area contributed by atoms with E-state index in [1.54, 1.807) is 0 Å². The van der Waals surface area contributed by atoms with Crippen molar-refractivity contribution in [2.24, 2.45) is 0 Å². The highest BCUT2D eigenvalue weighted by Gasteiger charge is 2.11. The van der Waals surface area contributed by atoms with Gasteiger partial charge < -0.3 is 9.64 Å². The van der Waals surface area contributed by atoms with Crippen LogP contribution in [0.3, 0.4) is 0 Å². The Morgan fingerprint density at radius 2 is 1.91 bits per heavy atom. The second-order valence-corrected chi connectivity index (χ2v) is 5.85. The number of benzene rings is 1. The molecular weight excluding hydrogens is 272 g/mol. The first-order chi connectivity index (χ1) is 10.8. The Morgan fingerprint density at radius 1 is 1.18 bits per heavy atom. The topological polar surface area (TPSA) is 15.7 Å². The molecule has 2 rings (SSSR count). The molecule has 0 bridgehead atoms. The van der Waals surface area contributed by atoms with Gasteiger partial charge in [0, 0.05) is 37.0 Å². The van der Waals surface area contributed by atoms with E-state index in [1.807, 2.05) is 6.08 Å². The van der Waals surface area contributed by atoms with Gasteiger partial charge in [-0.2, -0.15) is 0 Å². The molecule has 0 radical (unpaired) electrons. The van der Waals surface area contributed by atoms with Crippen LogP contribution in [0.1, 0.15) is 38.7 Å². The van der Waals surface area contributed by atoms with Gasteiger partial charge in [-0.05, 0) is 51.9 Å². The summed E-state index contributed by atoms with van der Waals surface area (Å²) in [7, 11) is 0. The first kappa shape index (κ1) is 16.9. The van der Waals surface area contributed by atoms with Crippen molar-refractivity contribution < 1.29 is 4.74 Å². The second-order valence-electron chi connectivity index (χ2n) is 5.85. The van der Waals surface area contributed by atoms with Gasteiger partial charge in [0.2, 0.25) is 0 Å². The molecule has 0 saturated carbocycles. The van der Waals surface area contributed by atoms with Gasteiger partial charge >= 0.3 is 0 Å². The van der Waals surface area contributed by atoms with Crippen LogP contribution in [0.15, 0.2) is 24.8 Å². The fourth-order valence-corrected chi connectivity index (χ4v) is 3.07. The number of hydrogen-bond acceptors (Lipinski definition) is 3. The number of ether oxygens (including phenoxy) is 1. The number of nitrogens with zero attached hydrogens (tertiary/aromatic N) is 2. The van der Waals surface area contributed by atoms with Crippen molar-refractivity contribution in [3.05, 3.63) is 30.3 Å². The van der Waals surface area contributed by atoms with Crippen molar-refractivity contribution in [1.29, 1.82) is 0 Å². The molecule has 1 aliphatic heterocycles. The van der Waals surface area contributed by atoms with E-state index in [2.05, 4.69) is 48.4 Å².